The Bertz CT molecular complexity index is 692. The number of nitrogens with two attached hydrogens (primary N) is 1. The third kappa shape index (κ3) is 2.79. The van der Waals surface area contributed by atoms with Crippen LogP contribution in [0.1, 0.15) is 23.5 Å². The van der Waals surface area contributed by atoms with E-state index in [0.717, 1.165) is 17.0 Å². The van der Waals surface area contributed by atoms with Gasteiger partial charge in [0, 0.05) is 17.9 Å². The molecule has 1 unspecified atom stereocenters. The third-order valence-corrected chi connectivity index (χ3v) is 3.60. The van der Waals surface area contributed by atoms with E-state index in [1.54, 1.807) is 7.11 Å². The van der Waals surface area contributed by atoms with Gasteiger partial charge in [-0.1, -0.05) is 42.5 Å². The lowest BCUT2D eigenvalue weighted by molar-refractivity contribution is 0.414. The summed E-state index contributed by atoms with van der Waals surface area (Å²) in [4.78, 5) is 0. The molecule has 106 valence electrons. The molecule has 0 spiro atoms. The quantitative estimate of drug-likeness (QED) is 0.939. The largest absolute Gasteiger partial charge is 0.497 e. The Balaban J connectivity index is 2.04. The predicted molar refractivity (Wildman–Crippen MR) is 85.0 cm³/mol. The first-order chi connectivity index (χ1) is 10.3. The summed E-state index contributed by atoms with van der Waals surface area (Å²) in [5, 5.41) is 8.40. The first-order valence-electron chi connectivity index (χ1n) is 6.87. The molecule has 0 saturated carbocycles. The second-order valence-corrected chi connectivity index (χ2v) is 4.98. The van der Waals surface area contributed by atoms with Crippen LogP contribution in [0.15, 0.2) is 64.8 Å². The minimum Gasteiger partial charge on any atom is -0.497 e. The van der Waals surface area contributed by atoms with Gasteiger partial charge in [-0.3, -0.25) is 0 Å². The van der Waals surface area contributed by atoms with Crippen molar-refractivity contribution < 1.29 is 4.74 Å². The van der Waals surface area contributed by atoms with Gasteiger partial charge in [-0.2, -0.15) is 5.10 Å². The lowest BCUT2D eigenvalue weighted by Crippen LogP contribution is -2.25. The van der Waals surface area contributed by atoms with Crippen LogP contribution >= 0.6 is 0 Å². The summed E-state index contributed by atoms with van der Waals surface area (Å²) in [6.45, 7) is 0. The maximum Gasteiger partial charge on any atom is 0.123 e. The van der Waals surface area contributed by atoms with E-state index in [2.05, 4.69) is 22.3 Å². The highest BCUT2D eigenvalue weighted by Crippen LogP contribution is 2.29. The molecule has 1 heterocycles. The highest BCUT2D eigenvalue weighted by molar-refractivity contribution is 6.08. The van der Waals surface area contributed by atoms with Crippen molar-refractivity contribution in [2.24, 2.45) is 15.9 Å². The van der Waals surface area contributed by atoms with Gasteiger partial charge in [0.05, 0.1) is 12.8 Å². The van der Waals surface area contributed by atoms with Gasteiger partial charge in [0.1, 0.15) is 11.6 Å². The Morgan fingerprint density at radius 3 is 2.62 bits per heavy atom. The summed E-state index contributed by atoms with van der Waals surface area (Å²) in [5.74, 6) is 1.50. The van der Waals surface area contributed by atoms with Crippen molar-refractivity contribution in [1.82, 2.24) is 0 Å². The lowest BCUT2D eigenvalue weighted by Gasteiger charge is -2.22. The van der Waals surface area contributed by atoms with Crippen LogP contribution in [0.25, 0.3) is 0 Å². The molecule has 2 aromatic rings. The molecule has 0 bridgehead atoms. The van der Waals surface area contributed by atoms with E-state index < -0.39 is 0 Å². The fourth-order valence-corrected chi connectivity index (χ4v) is 2.54. The van der Waals surface area contributed by atoms with Crippen molar-refractivity contribution in [3.05, 3.63) is 65.7 Å². The standard InChI is InChI=1S/C17H17N3O/c1-21-14-9-5-8-13(10-14)17-15(11-16(18)19-20-17)12-6-3-2-4-7-12/h2-10,15H,11H2,1H3,(H2,18,19). The number of ether oxygens (including phenoxy) is 1. The summed E-state index contributed by atoms with van der Waals surface area (Å²) in [6, 6.07) is 18.1. The Hall–Kier alpha value is -2.62. The first-order valence-corrected chi connectivity index (χ1v) is 6.87. The molecule has 2 aromatic carbocycles. The van der Waals surface area contributed by atoms with Crippen molar-refractivity contribution >= 4 is 11.5 Å². The fraction of sp³-hybridized carbons (Fsp3) is 0.176. The van der Waals surface area contributed by atoms with Crippen LogP contribution in [0.2, 0.25) is 0 Å². The van der Waals surface area contributed by atoms with Gasteiger partial charge in [0.15, 0.2) is 0 Å². The molecule has 2 N–H and O–H groups in total. The molecule has 4 heteroatoms. The van der Waals surface area contributed by atoms with Crippen molar-refractivity contribution in [3.63, 3.8) is 0 Å². The molecule has 1 aliphatic heterocycles. The molecule has 0 radical (unpaired) electrons. The van der Waals surface area contributed by atoms with E-state index in [0.29, 0.717) is 12.3 Å². The number of amidine groups is 1. The number of benzene rings is 2. The van der Waals surface area contributed by atoms with Gasteiger partial charge < -0.3 is 10.5 Å². The van der Waals surface area contributed by atoms with Crippen LogP contribution in [0, 0.1) is 0 Å². The van der Waals surface area contributed by atoms with Crippen LogP contribution in [-0.4, -0.2) is 18.7 Å². The Morgan fingerprint density at radius 2 is 1.86 bits per heavy atom. The zero-order chi connectivity index (χ0) is 14.7. The molecular formula is C17H17N3O. The minimum atomic E-state index is 0.121. The summed E-state index contributed by atoms with van der Waals surface area (Å²) < 4.78 is 5.29. The lowest BCUT2D eigenvalue weighted by atomic mass is 9.86. The minimum absolute atomic E-state index is 0.121. The average Bonchev–Trinajstić information content (AvgIpc) is 2.55. The molecule has 1 atom stereocenters. The van der Waals surface area contributed by atoms with Crippen molar-refractivity contribution in [3.8, 4) is 5.75 Å². The van der Waals surface area contributed by atoms with Gasteiger partial charge in [-0.05, 0) is 17.7 Å². The smallest absolute Gasteiger partial charge is 0.123 e. The Morgan fingerprint density at radius 1 is 1.05 bits per heavy atom. The summed E-state index contributed by atoms with van der Waals surface area (Å²) in [6.07, 6.45) is 0.681. The van der Waals surface area contributed by atoms with E-state index in [9.17, 15) is 0 Å². The molecule has 4 nitrogen and oxygen atoms in total. The zero-order valence-corrected chi connectivity index (χ0v) is 11.9. The average molecular weight is 279 g/mol. The second kappa shape index (κ2) is 5.79. The Kier molecular flexibility index (Phi) is 3.69. The van der Waals surface area contributed by atoms with Gasteiger partial charge in [0.25, 0.3) is 0 Å². The Labute approximate surface area is 124 Å². The van der Waals surface area contributed by atoms with Gasteiger partial charge in [-0.15, -0.1) is 5.10 Å². The zero-order valence-electron chi connectivity index (χ0n) is 11.9. The van der Waals surface area contributed by atoms with Gasteiger partial charge in [-0.25, -0.2) is 0 Å². The number of nitrogens with zero attached hydrogens (tertiary/aromatic N) is 2. The van der Waals surface area contributed by atoms with Crippen molar-refractivity contribution in [2.75, 3.05) is 7.11 Å². The summed E-state index contributed by atoms with van der Waals surface area (Å²) in [5.41, 5.74) is 9.01. The maximum absolute atomic E-state index is 5.88. The normalized spacial score (nSPS) is 17.9. The molecule has 0 saturated heterocycles. The van der Waals surface area contributed by atoms with Crippen LogP contribution in [0.5, 0.6) is 5.75 Å². The number of methoxy groups -OCH3 is 1. The monoisotopic (exact) mass is 279 g/mol. The van der Waals surface area contributed by atoms with Crippen molar-refractivity contribution in [1.29, 1.82) is 0 Å². The highest BCUT2D eigenvalue weighted by atomic mass is 16.5. The van der Waals surface area contributed by atoms with Crippen LogP contribution in [-0.2, 0) is 0 Å². The summed E-state index contributed by atoms with van der Waals surface area (Å²) in [7, 11) is 1.66. The van der Waals surface area contributed by atoms with Crippen molar-refractivity contribution in [2.45, 2.75) is 12.3 Å². The highest BCUT2D eigenvalue weighted by Gasteiger charge is 2.24. The van der Waals surface area contributed by atoms with E-state index in [-0.39, 0.29) is 5.92 Å². The number of hydrogen-bond acceptors (Lipinski definition) is 4. The molecule has 1 aliphatic rings. The predicted octanol–water partition coefficient (Wildman–Crippen LogP) is 2.94. The maximum atomic E-state index is 5.88. The molecular weight excluding hydrogens is 262 g/mol. The van der Waals surface area contributed by atoms with Gasteiger partial charge in [0.2, 0.25) is 0 Å². The molecule has 0 aromatic heterocycles. The molecule has 0 fully saturated rings. The van der Waals surface area contributed by atoms with Crippen LogP contribution in [0.3, 0.4) is 0 Å². The number of rotatable bonds is 3. The van der Waals surface area contributed by atoms with Crippen LogP contribution in [0.4, 0.5) is 0 Å². The fourth-order valence-electron chi connectivity index (χ4n) is 2.54. The number of hydrogen-bond donors (Lipinski definition) is 1. The topological polar surface area (TPSA) is 60.0 Å². The van der Waals surface area contributed by atoms with E-state index in [1.165, 1.54) is 5.56 Å². The molecule has 0 amide bonds. The van der Waals surface area contributed by atoms with E-state index >= 15 is 0 Å². The summed E-state index contributed by atoms with van der Waals surface area (Å²) >= 11 is 0. The van der Waals surface area contributed by atoms with Crippen LogP contribution < -0.4 is 10.5 Å². The molecule has 0 aliphatic carbocycles. The van der Waals surface area contributed by atoms with E-state index in [4.69, 9.17) is 10.5 Å². The van der Waals surface area contributed by atoms with Gasteiger partial charge >= 0.3 is 0 Å². The second-order valence-electron chi connectivity index (χ2n) is 4.98. The molecule has 21 heavy (non-hydrogen) atoms. The third-order valence-electron chi connectivity index (χ3n) is 3.60. The first kappa shape index (κ1) is 13.4. The van der Waals surface area contributed by atoms with E-state index in [1.807, 2.05) is 42.5 Å². The molecule has 3 rings (SSSR count). The SMILES string of the molecule is COc1cccc(C2=NN=C(N)CC2c2ccccc2)c1.